The second kappa shape index (κ2) is 5.26. The van der Waals surface area contributed by atoms with E-state index in [1.165, 1.54) is 11.1 Å². The van der Waals surface area contributed by atoms with Crippen LogP contribution < -0.4 is 5.73 Å². The summed E-state index contributed by atoms with van der Waals surface area (Å²) in [5.74, 6) is 0. The van der Waals surface area contributed by atoms with Gasteiger partial charge in [-0.15, -0.1) is 0 Å². The first kappa shape index (κ1) is 14.5. The topological polar surface area (TPSA) is 29.3 Å². The van der Waals surface area contributed by atoms with Crippen LogP contribution in [0.2, 0.25) is 0 Å². The molecule has 1 aliphatic heterocycles. The van der Waals surface area contributed by atoms with Gasteiger partial charge in [-0.25, -0.2) is 0 Å². The summed E-state index contributed by atoms with van der Waals surface area (Å²) in [6, 6.07) is 9.09. The fourth-order valence-electron chi connectivity index (χ4n) is 2.59. The molecule has 0 amide bonds. The quantitative estimate of drug-likeness (QED) is 0.884. The van der Waals surface area contributed by atoms with Crippen molar-refractivity contribution >= 4 is 0 Å². The lowest BCUT2D eigenvalue weighted by Crippen LogP contribution is -2.47. The summed E-state index contributed by atoms with van der Waals surface area (Å²) in [6.07, 6.45) is 2.21. The number of hydrogen-bond donors (Lipinski definition) is 1. The first-order chi connectivity index (χ1) is 8.76. The van der Waals surface area contributed by atoms with Crippen molar-refractivity contribution < 1.29 is 0 Å². The molecule has 0 aromatic heterocycles. The molecule has 0 radical (unpaired) electrons. The van der Waals surface area contributed by atoms with E-state index in [1.807, 2.05) is 0 Å². The van der Waals surface area contributed by atoms with Crippen molar-refractivity contribution in [1.82, 2.24) is 4.90 Å². The Balaban J connectivity index is 1.94. The number of benzene rings is 1. The van der Waals surface area contributed by atoms with Gasteiger partial charge in [0.25, 0.3) is 0 Å². The maximum absolute atomic E-state index is 6.17. The van der Waals surface area contributed by atoms with Gasteiger partial charge in [0.1, 0.15) is 0 Å². The Bertz CT molecular complexity index is 402. The summed E-state index contributed by atoms with van der Waals surface area (Å²) >= 11 is 0. The Hall–Kier alpha value is -0.860. The van der Waals surface area contributed by atoms with Crippen LogP contribution in [0.5, 0.6) is 0 Å². The third-order valence-corrected chi connectivity index (χ3v) is 4.22. The molecule has 0 saturated carbocycles. The molecule has 1 aromatic rings. The van der Waals surface area contributed by atoms with Crippen LogP contribution in [-0.4, -0.2) is 23.5 Å². The van der Waals surface area contributed by atoms with Gasteiger partial charge in [-0.1, -0.05) is 45.0 Å². The van der Waals surface area contributed by atoms with Crippen molar-refractivity contribution in [3.8, 4) is 0 Å². The molecule has 1 fully saturated rings. The van der Waals surface area contributed by atoms with Crippen molar-refractivity contribution in [3.63, 3.8) is 0 Å². The molecular formula is C17H28N2. The lowest BCUT2D eigenvalue weighted by Gasteiger charge is -2.36. The van der Waals surface area contributed by atoms with Crippen LogP contribution in [0.15, 0.2) is 24.3 Å². The minimum Gasteiger partial charge on any atom is -0.325 e. The van der Waals surface area contributed by atoms with E-state index in [9.17, 15) is 0 Å². The molecule has 1 saturated heterocycles. The van der Waals surface area contributed by atoms with E-state index in [-0.39, 0.29) is 11.0 Å². The van der Waals surface area contributed by atoms with Gasteiger partial charge in [0.2, 0.25) is 0 Å². The summed E-state index contributed by atoms with van der Waals surface area (Å²) in [5, 5.41) is 0. The molecule has 0 atom stereocenters. The van der Waals surface area contributed by atoms with E-state index >= 15 is 0 Å². The second-order valence-corrected chi connectivity index (χ2v) is 7.38. The van der Waals surface area contributed by atoms with E-state index < -0.39 is 0 Å². The lowest BCUT2D eigenvalue weighted by molar-refractivity contribution is 0.165. The number of nitrogens with two attached hydrogens (primary N) is 1. The largest absolute Gasteiger partial charge is 0.325 e. The molecule has 2 heteroatoms. The Kier molecular flexibility index (Phi) is 4.03. The molecule has 0 bridgehead atoms. The Morgan fingerprint density at radius 3 is 2.11 bits per heavy atom. The molecule has 2 nitrogen and oxygen atoms in total. The highest BCUT2D eigenvalue weighted by Gasteiger charge is 2.25. The van der Waals surface area contributed by atoms with E-state index in [1.54, 1.807) is 0 Å². The number of hydrogen-bond acceptors (Lipinski definition) is 2. The highest BCUT2D eigenvalue weighted by Crippen LogP contribution is 2.24. The molecule has 0 spiro atoms. The fourth-order valence-corrected chi connectivity index (χ4v) is 2.59. The maximum Gasteiger partial charge on any atom is 0.0233 e. The molecule has 1 heterocycles. The second-order valence-electron chi connectivity index (χ2n) is 7.38. The fraction of sp³-hybridized carbons (Fsp3) is 0.647. The van der Waals surface area contributed by atoms with Crippen LogP contribution in [0, 0.1) is 0 Å². The van der Waals surface area contributed by atoms with Crippen LogP contribution in [0.25, 0.3) is 0 Å². The summed E-state index contributed by atoms with van der Waals surface area (Å²) < 4.78 is 0. The van der Waals surface area contributed by atoms with Gasteiger partial charge in [-0.3, -0.25) is 4.90 Å². The first-order valence-corrected chi connectivity index (χ1v) is 7.37. The van der Waals surface area contributed by atoms with Crippen molar-refractivity contribution in [2.45, 2.75) is 58.0 Å². The van der Waals surface area contributed by atoms with E-state index in [0.29, 0.717) is 0 Å². The average Bonchev–Trinajstić information content (AvgIpc) is 2.31. The predicted octanol–water partition coefficient (Wildman–Crippen LogP) is 3.30. The molecule has 2 rings (SSSR count). The lowest BCUT2D eigenvalue weighted by atomic mass is 9.86. The molecule has 106 valence electrons. The van der Waals surface area contributed by atoms with Gasteiger partial charge in [0.05, 0.1) is 0 Å². The van der Waals surface area contributed by atoms with Crippen LogP contribution >= 0.6 is 0 Å². The third-order valence-electron chi connectivity index (χ3n) is 4.22. The first-order valence-electron chi connectivity index (χ1n) is 7.37. The predicted molar refractivity (Wildman–Crippen MR) is 82.2 cm³/mol. The molecular weight excluding hydrogens is 232 g/mol. The van der Waals surface area contributed by atoms with Crippen molar-refractivity contribution in [3.05, 3.63) is 35.4 Å². The zero-order valence-corrected chi connectivity index (χ0v) is 12.9. The highest BCUT2D eigenvalue weighted by molar-refractivity contribution is 5.27. The average molecular weight is 260 g/mol. The van der Waals surface area contributed by atoms with Crippen molar-refractivity contribution in [2.75, 3.05) is 13.1 Å². The number of nitrogens with zero attached hydrogens (tertiary/aromatic N) is 1. The highest BCUT2D eigenvalue weighted by atomic mass is 15.1. The number of likely N-dealkylation sites (tertiary alicyclic amines) is 1. The monoisotopic (exact) mass is 260 g/mol. The summed E-state index contributed by atoms with van der Waals surface area (Å²) in [5.41, 5.74) is 9.28. The summed E-state index contributed by atoms with van der Waals surface area (Å²) in [7, 11) is 0. The molecule has 2 N–H and O–H groups in total. The number of rotatable bonds is 2. The third kappa shape index (κ3) is 4.05. The van der Waals surface area contributed by atoms with E-state index in [0.717, 1.165) is 32.5 Å². The molecule has 19 heavy (non-hydrogen) atoms. The van der Waals surface area contributed by atoms with Crippen LogP contribution in [0.3, 0.4) is 0 Å². The summed E-state index contributed by atoms with van der Waals surface area (Å²) in [4.78, 5) is 2.51. The minimum atomic E-state index is 0.0482. The van der Waals surface area contributed by atoms with E-state index in [4.69, 9.17) is 5.73 Å². The van der Waals surface area contributed by atoms with Gasteiger partial charge in [0.15, 0.2) is 0 Å². The molecule has 0 aliphatic carbocycles. The van der Waals surface area contributed by atoms with Crippen molar-refractivity contribution in [2.24, 2.45) is 5.73 Å². The van der Waals surface area contributed by atoms with E-state index in [2.05, 4.69) is 56.9 Å². The van der Waals surface area contributed by atoms with Crippen molar-refractivity contribution in [1.29, 1.82) is 0 Å². The molecule has 1 aliphatic rings. The smallest absolute Gasteiger partial charge is 0.0233 e. The Labute approximate surface area is 118 Å². The van der Waals surface area contributed by atoms with Crippen LogP contribution in [0.1, 0.15) is 51.7 Å². The Morgan fingerprint density at radius 1 is 1.11 bits per heavy atom. The number of piperidine rings is 1. The Morgan fingerprint density at radius 2 is 1.63 bits per heavy atom. The molecule has 0 unspecified atom stereocenters. The standard InChI is InChI=1S/C17H28N2/c1-16(2,3)15-7-5-14(6-8-15)13-19-11-9-17(4,18)10-12-19/h5-8H,9-13,18H2,1-4H3. The summed E-state index contributed by atoms with van der Waals surface area (Å²) in [6.45, 7) is 12.2. The van der Waals surface area contributed by atoms with Gasteiger partial charge >= 0.3 is 0 Å². The van der Waals surface area contributed by atoms with Crippen LogP contribution in [-0.2, 0) is 12.0 Å². The van der Waals surface area contributed by atoms with Gasteiger partial charge < -0.3 is 5.73 Å². The van der Waals surface area contributed by atoms with Crippen LogP contribution in [0.4, 0.5) is 0 Å². The zero-order chi connectivity index (χ0) is 14.1. The van der Waals surface area contributed by atoms with Gasteiger partial charge in [0, 0.05) is 25.2 Å². The SMILES string of the molecule is CC1(N)CCN(Cc2ccc(C(C)(C)C)cc2)CC1. The normalized spacial score (nSPS) is 20.5. The minimum absolute atomic E-state index is 0.0482. The van der Waals surface area contributed by atoms with Gasteiger partial charge in [-0.05, 0) is 36.3 Å². The van der Waals surface area contributed by atoms with Gasteiger partial charge in [-0.2, -0.15) is 0 Å². The molecule has 1 aromatic carbocycles. The zero-order valence-electron chi connectivity index (χ0n) is 12.9. The maximum atomic E-state index is 6.17.